The SMILES string of the molecule is CC(C)(C)[Si](C)(C)OC1CCC(Cc2ccccc2)CC1.OC1CCC(Cc2ccccc2)CC1. The van der Waals surface area contributed by atoms with Crippen LogP contribution in [0.1, 0.15) is 83.3 Å². The zero-order valence-corrected chi connectivity index (χ0v) is 24.0. The van der Waals surface area contributed by atoms with Crippen LogP contribution in [0.5, 0.6) is 0 Å². The molecule has 0 amide bonds. The Morgan fingerprint density at radius 3 is 1.49 bits per heavy atom. The summed E-state index contributed by atoms with van der Waals surface area (Å²) >= 11 is 0. The molecule has 2 aliphatic rings. The van der Waals surface area contributed by atoms with Gasteiger partial charge in [0.2, 0.25) is 0 Å². The predicted octanol–water partition coefficient (Wildman–Crippen LogP) is 8.59. The predicted molar refractivity (Wildman–Crippen MR) is 152 cm³/mol. The van der Waals surface area contributed by atoms with Crippen LogP contribution in [0.25, 0.3) is 0 Å². The third kappa shape index (κ3) is 9.52. The summed E-state index contributed by atoms with van der Waals surface area (Å²) in [4.78, 5) is 0. The van der Waals surface area contributed by atoms with E-state index >= 15 is 0 Å². The number of hydrogen-bond donors (Lipinski definition) is 1. The third-order valence-corrected chi connectivity index (χ3v) is 13.1. The Morgan fingerprint density at radius 1 is 0.686 bits per heavy atom. The number of rotatable bonds is 6. The zero-order valence-electron chi connectivity index (χ0n) is 23.0. The van der Waals surface area contributed by atoms with Gasteiger partial charge in [0.15, 0.2) is 8.32 Å². The van der Waals surface area contributed by atoms with Gasteiger partial charge in [-0.05, 0) is 105 Å². The lowest BCUT2D eigenvalue weighted by Crippen LogP contribution is -2.44. The highest BCUT2D eigenvalue weighted by Crippen LogP contribution is 2.40. The molecule has 0 atom stereocenters. The van der Waals surface area contributed by atoms with Crippen molar-refractivity contribution in [2.24, 2.45) is 11.8 Å². The maximum atomic E-state index is 9.39. The Bertz CT molecular complexity index is 827. The molecule has 4 rings (SSSR count). The molecule has 194 valence electrons. The second-order valence-corrected chi connectivity index (χ2v) is 17.3. The fourth-order valence-corrected chi connectivity index (χ4v) is 6.71. The van der Waals surface area contributed by atoms with Gasteiger partial charge < -0.3 is 9.53 Å². The second kappa shape index (κ2) is 13.2. The summed E-state index contributed by atoms with van der Waals surface area (Å²) in [5, 5.41) is 9.72. The number of benzene rings is 2. The zero-order chi connectivity index (χ0) is 25.3. The van der Waals surface area contributed by atoms with Gasteiger partial charge in [-0.2, -0.15) is 0 Å². The maximum absolute atomic E-state index is 9.39. The van der Waals surface area contributed by atoms with Crippen LogP contribution in [0.2, 0.25) is 18.1 Å². The minimum Gasteiger partial charge on any atom is -0.414 e. The smallest absolute Gasteiger partial charge is 0.192 e. The van der Waals surface area contributed by atoms with Gasteiger partial charge in [-0.25, -0.2) is 0 Å². The van der Waals surface area contributed by atoms with Gasteiger partial charge in [0, 0.05) is 6.10 Å². The summed E-state index contributed by atoms with van der Waals surface area (Å²) in [6.45, 7) is 11.8. The van der Waals surface area contributed by atoms with Crippen molar-refractivity contribution in [3.63, 3.8) is 0 Å². The summed E-state index contributed by atoms with van der Waals surface area (Å²) in [7, 11) is -1.59. The molecule has 2 fully saturated rings. The fraction of sp³-hybridized carbons (Fsp3) is 0.625. The Kier molecular flexibility index (Phi) is 10.6. The first-order valence-electron chi connectivity index (χ1n) is 14.1. The summed E-state index contributed by atoms with van der Waals surface area (Å²) in [5.74, 6) is 1.65. The van der Waals surface area contributed by atoms with Crippen molar-refractivity contribution in [1.82, 2.24) is 0 Å². The molecule has 0 bridgehead atoms. The molecule has 2 aromatic carbocycles. The lowest BCUT2D eigenvalue weighted by molar-refractivity contribution is 0.109. The third-order valence-electron chi connectivity index (χ3n) is 8.61. The number of hydrogen-bond acceptors (Lipinski definition) is 2. The highest BCUT2D eigenvalue weighted by atomic mass is 28.4. The van der Waals surface area contributed by atoms with E-state index in [4.69, 9.17) is 4.43 Å². The molecule has 0 aliphatic heterocycles. The highest BCUT2D eigenvalue weighted by molar-refractivity contribution is 6.74. The van der Waals surface area contributed by atoms with Gasteiger partial charge in [0.05, 0.1) is 6.10 Å². The Labute approximate surface area is 216 Å². The van der Waals surface area contributed by atoms with Crippen LogP contribution in [0.15, 0.2) is 60.7 Å². The Hall–Kier alpha value is -1.42. The average molecular weight is 495 g/mol. The van der Waals surface area contributed by atoms with E-state index < -0.39 is 8.32 Å². The van der Waals surface area contributed by atoms with Crippen LogP contribution < -0.4 is 0 Å². The molecule has 0 spiro atoms. The van der Waals surface area contributed by atoms with E-state index in [-0.39, 0.29) is 6.10 Å². The van der Waals surface area contributed by atoms with Crippen LogP contribution in [-0.4, -0.2) is 25.6 Å². The van der Waals surface area contributed by atoms with E-state index in [1.807, 2.05) is 0 Å². The van der Waals surface area contributed by atoms with Gasteiger partial charge in [-0.3, -0.25) is 0 Å². The Morgan fingerprint density at radius 2 is 1.09 bits per heavy atom. The van der Waals surface area contributed by atoms with Crippen molar-refractivity contribution < 1.29 is 9.53 Å². The minimum absolute atomic E-state index is 0.0259. The molecule has 3 heteroatoms. The van der Waals surface area contributed by atoms with Crippen molar-refractivity contribution in [1.29, 1.82) is 0 Å². The van der Waals surface area contributed by atoms with Gasteiger partial charge in [0.1, 0.15) is 0 Å². The first kappa shape index (κ1) is 28.2. The quantitative estimate of drug-likeness (QED) is 0.407. The first-order valence-corrected chi connectivity index (χ1v) is 17.0. The van der Waals surface area contributed by atoms with Crippen molar-refractivity contribution in [3.8, 4) is 0 Å². The normalized spacial score (nSPS) is 25.4. The maximum Gasteiger partial charge on any atom is 0.192 e. The monoisotopic (exact) mass is 494 g/mol. The van der Waals surface area contributed by atoms with Gasteiger partial charge >= 0.3 is 0 Å². The average Bonchev–Trinajstić information content (AvgIpc) is 2.83. The molecule has 2 aromatic rings. The molecule has 0 unspecified atom stereocenters. The largest absolute Gasteiger partial charge is 0.414 e. The van der Waals surface area contributed by atoms with Crippen molar-refractivity contribution >= 4 is 8.32 Å². The molecule has 0 aromatic heterocycles. The van der Waals surface area contributed by atoms with Crippen LogP contribution in [0, 0.1) is 11.8 Å². The van der Waals surface area contributed by atoms with Crippen molar-refractivity contribution in [2.75, 3.05) is 0 Å². The van der Waals surface area contributed by atoms with Crippen LogP contribution >= 0.6 is 0 Å². The summed E-state index contributed by atoms with van der Waals surface area (Å²) in [6.07, 6.45) is 12.5. The van der Waals surface area contributed by atoms with Gasteiger partial charge in [0.25, 0.3) is 0 Å². The lowest BCUT2D eigenvalue weighted by Gasteiger charge is -2.41. The van der Waals surface area contributed by atoms with E-state index in [1.165, 1.54) is 62.5 Å². The van der Waals surface area contributed by atoms with E-state index in [9.17, 15) is 5.11 Å². The summed E-state index contributed by atoms with van der Waals surface area (Å²) < 4.78 is 6.58. The molecule has 1 N–H and O–H groups in total. The summed E-state index contributed by atoms with van der Waals surface area (Å²) in [5.41, 5.74) is 2.93. The minimum atomic E-state index is -1.59. The van der Waals surface area contributed by atoms with Crippen LogP contribution in [0.3, 0.4) is 0 Å². The highest BCUT2D eigenvalue weighted by Gasteiger charge is 2.39. The molecule has 2 saturated carbocycles. The van der Waals surface area contributed by atoms with Crippen LogP contribution in [0.4, 0.5) is 0 Å². The lowest BCUT2D eigenvalue weighted by atomic mass is 9.83. The van der Waals surface area contributed by atoms with E-state index in [1.54, 1.807) is 0 Å². The van der Waals surface area contributed by atoms with E-state index in [0.717, 1.165) is 24.7 Å². The number of aliphatic hydroxyl groups excluding tert-OH is 1. The van der Waals surface area contributed by atoms with Gasteiger partial charge in [-0.15, -0.1) is 0 Å². The first-order chi connectivity index (χ1) is 16.6. The molecule has 2 aliphatic carbocycles. The number of aliphatic hydroxyl groups is 1. The van der Waals surface area contributed by atoms with Crippen molar-refractivity contribution in [3.05, 3.63) is 71.8 Å². The molecular weight excluding hydrogens is 444 g/mol. The van der Waals surface area contributed by atoms with Crippen molar-refractivity contribution in [2.45, 2.75) is 115 Å². The summed E-state index contributed by atoms with van der Waals surface area (Å²) in [6, 6.07) is 21.6. The molecule has 35 heavy (non-hydrogen) atoms. The second-order valence-electron chi connectivity index (χ2n) is 12.6. The fourth-order valence-electron chi connectivity index (χ4n) is 5.29. The molecule has 0 saturated heterocycles. The molecule has 0 heterocycles. The molecular formula is C32H50O2Si. The standard InChI is InChI=1S/C19H32OSi.C13H18O/c1-19(2,3)21(4,5)20-18-13-11-17(12-14-18)15-16-9-7-6-8-10-16;14-13-8-6-12(7-9-13)10-11-4-2-1-3-5-11/h6-10,17-18H,11-15H2,1-5H3;1-5,12-14H,6-10H2. The Balaban J connectivity index is 0.000000211. The molecule has 2 nitrogen and oxygen atoms in total. The van der Waals surface area contributed by atoms with E-state index in [2.05, 4.69) is 94.5 Å². The van der Waals surface area contributed by atoms with Crippen LogP contribution in [-0.2, 0) is 17.3 Å². The molecule has 0 radical (unpaired) electrons. The van der Waals surface area contributed by atoms with Gasteiger partial charge in [-0.1, -0.05) is 81.4 Å². The van der Waals surface area contributed by atoms with E-state index in [0.29, 0.717) is 11.1 Å². The topological polar surface area (TPSA) is 29.5 Å².